The van der Waals surface area contributed by atoms with E-state index in [1.165, 1.54) is 0 Å². The Morgan fingerprint density at radius 3 is 2.20 bits per heavy atom. The molecular formula is C18H19ClN2O4. The van der Waals surface area contributed by atoms with E-state index in [1.54, 1.807) is 62.6 Å². The number of ether oxygens (including phenoxy) is 2. The third-order valence-corrected chi connectivity index (χ3v) is 3.60. The van der Waals surface area contributed by atoms with Crippen molar-refractivity contribution in [3.05, 3.63) is 59.1 Å². The van der Waals surface area contributed by atoms with Gasteiger partial charge in [-0.25, -0.2) is 0 Å². The highest BCUT2D eigenvalue weighted by atomic mass is 35.5. The fourth-order valence-electron chi connectivity index (χ4n) is 1.98. The van der Waals surface area contributed by atoms with Crippen LogP contribution in [0.3, 0.4) is 0 Å². The number of carbonyl (C=O) groups is 2. The van der Waals surface area contributed by atoms with Crippen molar-refractivity contribution in [3.63, 3.8) is 0 Å². The van der Waals surface area contributed by atoms with Crippen LogP contribution >= 0.6 is 11.6 Å². The number of hydrogen-bond acceptors (Lipinski definition) is 4. The zero-order chi connectivity index (χ0) is 18.2. The number of amides is 2. The fraction of sp³-hybridized carbons (Fsp3) is 0.222. The average Bonchev–Trinajstić information content (AvgIpc) is 2.62. The van der Waals surface area contributed by atoms with Gasteiger partial charge in [0.15, 0.2) is 6.10 Å². The van der Waals surface area contributed by atoms with E-state index in [0.29, 0.717) is 16.5 Å². The number of hydrogen-bond donors (Lipinski definition) is 2. The van der Waals surface area contributed by atoms with Crippen LogP contribution in [0.5, 0.6) is 11.5 Å². The molecule has 0 saturated heterocycles. The SMILES string of the molecule is COc1ccc(CC(=O)NNC(=O)C(C)Oc2ccc(Cl)cc2)cc1. The Kier molecular flexibility index (Phi) is 6.65. The summed E-state index contributed by atoms with van der Waals surface area (Å²) in [4.78, 5) is 23.8. The van der Waals surface area contributed by atoms with Crippen molar-refractivity contribution in [3.8, 4) is 11.5 Å². The van der Waals surface area contributed by atoms with Crippen molar-refractivity contribution in [2.24, 2.45) is 0 Å². The summed E-state index contributed by atoms with van der Waals surface area (Å²) in [5.41, 5.74) is 5.51. The Bertz CT molecular complexity index is 717. The lowest BCUT2D eigenvalue weighted by atomic mass is 10.1. The molecule has 2 aromatic carbocycles. The number of rotatable bonds is 6. The van der Waals surface area contributed by atoms with Crippen LogP contribution in [0.15, 0.2) is 48.5 Å². The lowest BCUT2D eigenvalue weighted by Gasteiger charge is -2.15. The van der Waals surface area contributed by atoms with E-state index < -0.39 is 12.0 Å². The Labute approximate surface area is 151 Å². The molecule has 0 bridgehead atoms. The Morgan fingerprint density at radius 1 is 1.00 bits per heavy atom. The smallest absolute Gasteiger partial charge is 0.279 e. The summed E-state index contributed by atoms with van der Waals surface area (Å²) in [6.07, 6.45) is -0.640. The zero-order valence-electron chi connectivity index (χ0n) is 13.9. The Morgan fingerprint density at radius 2 is 1.60 bits per heavy atom. The molecule has 0 spiro atoms. The topological polar surface area (TPSA) is 76.7 Å². The highest BCUT2D eigenvalue weighted by molar-refractivity contribution is 6.30. The summed E-state index contributed by atoms with van der Waals surface area (Å²) in [7, 11) is 1.57. The lowest BCUT2D eigenvalue weighted by Crippen LogP contribution is -2.47. The molecule has 2 amide bonds. The average molecular weight is 363 g/mol. The molecule has 0 radical (unpaired) electrons. The number of halogens is 1. The van der Waals surface area contributed by atoms with E-state index in [4.69, 9.17) is 21.1 Å². The van der Waals surface area contributed by atoms with Gasteiger partial charge in [-0.1, -0.05) is 23.7 Å². The molecule has 0 heterocycles. The van der Waals surface area contributed by atoms with Crippen molar-refractivity contribution in [1.29, 1.82) is 0 Å². The van der Waals surface area contributed by atoms with Crippen LogP contribution in [-0.2, 0) is 16.0 Å². The quantitative estimate of drug-likeness (QED) is 0.774. The third-order valence-electron chi connectivity index (χ3n) is 3.34. The van der Waals surface area contributed by atoms with Gasteiger partial charge in [-0.3, -0.25) is 20.4 Å². The van der Waals surface area contributed by atoms with E-state index >= 15 is 0 Å². The van der Waals surface area contributed by atoms with Crippen LogP contribution in [0, 0.1) is 0 Å². The maximum atomic E-state index is 12.0. The van der Waals surface area contributed by atoms with Crippen LogP contribution in [0.1, 0.15) is 12.5 Å². The molecule has 2 rings (SSSR count). The third kappa shape index (κ3) is 6.00. The molecule has 0 fully saturated rings. The molecule has 1 unspecified atom stereocenters. The van der Waals surface area contributed by atoms with Crippen molar-refractivity contribution in [2.45, 2.75) is 19.4 Å². The summed E-state index contributed by atoms with van der Waals surface area (Å²) in [6.45, 7) is 1.58. The van der Waals surface area contributed by atoms with Crippen LogP contribution in [0.4, 0.5) is 0 Å². The summed E-state index contributed by atoms with van der Waals surface area (Å²) in [6, 6.07) is 13.8. The van der Waals surface area contributed by atoms with E-state index in [1.807, 2.05) is 0 Å². The van der Waals surface area contributed by atoms with Crippen LogP contribution in [0.2, 0.25) is 5.02 Å². The minimum atomic E-state index is -0.775. The van der Waals surface area contributed by atoms with Crippen LogP contribution < -0.4 is 20.3 Å². The molecule has 7 heteroatoms. The van der Waals surface area contributed by atoms with Gasteiger partial charge in [0.1, 0.15) is 11.5 Å². The molecule has 1 atom stereocenters. The maximum absolute atomic E-state index is 12.0. The van der Waals surface area contributed by atoms with Crippen molar-refractivity contribution in [1.82, 2.24) is 10.9 Å². The second kappa shape index (κ2) is 8.94. The summed E-state index contributed by atoms with van der Waals surface area (Å²) in [5.74, 6) is 0.428. The molecule has 0 aliphatic heterocycles. The normalized spacial score (nSPS) is 11.3. The monoisotopic (exact) mass is 362 g/mol. The fourth-order valence-corrected chi connectivity index (χ4v) is 2.10. The molecule has 0 saturated carbocycles. The predicted molar refractivity (Wildman–Crippen MR) is 94.5 cm³/mol. The number of carbonyl (C=O) groups excluding carboxylic acids is 2. The number of benzene rings is 2. The van der Waals surface area contributed by atoms with Crippen molar-refractivity contribution in [2.75, 3.05) is 7.11 Å². The van der Waals surface area contributed by atoms with Gasteiger partial charge in [-0.2, -0.15) is 0 Å². The minimum absolute atomic E-state index is 0.136. The highest BCUT2D eigenvalue weighted by Crippen LogP contribution is 2.16. The van der Waals surface area contributed by atoms with Gasteiger partial charge in [-0.05, 0) is 48.9 Å². The van der Waals surface area contributed by atoms with Gasteiger partial charge in [0.05, 0.1) is 13.5 Å². The summed E-state index contributed by atoms with van der Waals surface area (Å²) in [5, 5.41) is 0.579. The first-order chi connectivity index (χ1) is 12.0. The summed E-state index contributed by atoms with van der Waals surface area (Å²) < 4.78 is 10.5. The molecule has 25 heavy (non-hydrogen) atoms. The first kappa shape index (κ1) is 18.6. The van der Waals surface area contributed by atoms with Crippen molar-refractivity contribution >= 4 is 23.4 Å². The van der Waals surface area contributed by atoms with E-state index in [-0.39, 0.29) is 12.3 Å². The number of methoxy groups -OCH3 is 1. The number of hydrazine groups is 1. The molecule has 0 aliphatic carbocycles. The molecule has 132 valence electrons. The second-order valence-electron chi connectivity index (χ2n) is 5.28. The van der Waals surface area contributed by atoms with Gasteiger partial charge in [0, 0.05) is 5.02 Å². The number of nitrogens with one attached hydrogen (secondary N) is 2. The van der Waals surface area contributed by atoms with Gasteiger partial charge in [-0.15, -0.1) is 0 Å². The molecule has 2 aromatic rings. The predicted octanol–water partition coefficient (Wildman–Crippen LogP) is 2.51. The van der Waals surface area contributed by atoms with E-state index in [9.17, 15) is 9.59 Å². The molecular weight excluding hydrogens is 344 g/mol. The van der Waals surface area contributed by atoms with Crippen molar-refractivity contribution < 1.29 is 19.1 Å². The van der Waals surface area contributed by atoms with E-state index in [0.717, 1.165) is 5.56 Å². The lowest BCUT2D eigenvalue weighted by molar-refractivity contribution is -0.132. The first-order valence-electron chi connectivity index (χ1n) is 7.62. The molecule has 6 nitrogen and oxygen atoms in total. The van der Waals surface area contributed by atoms with Gasteiger partial charge >= 0.3 is 0 Å². The summed E-state index contributed by atoms with van der Waals surface area (Å²) >= 11 is 5.79. The van der Waals surface area contributed by atoms with Crippen LogP contribution in [0.25, 0.3) is 0 Å². The van der Waals surface area contributed by atoms with Gasteiger partial charge < -0.3 is 9.47 Å². The van der Waals surface area contributed by atoms with Gasteiger partial charge in [0.25, 0.3) is 5.91 Å². The van der Waals surface area contributed by atoms with Crippen LogP contribution in [-0.4, -0.2) is 25.0 Å². The Hall–Kier alpha value is -2.73. The highest BCUT2D eigenvalue weighted by Gasteiger charge is 2.15. The second-order valence-corrected chi connectivity index (χ2v) is 5.71. The minimum Gasteiger partial charge on any atom is -0.497 e. The molecule has 0 aliphatic rings. The largest absolute Gasteiger partial charge is 0.497 e. The Balaban J connectivity index is 1.77. The van der Waals surface area contributed by atoms with E-state index in [2.05, 4.69) is 10.9 Å². The molecule has 2 N–H and O–H groups in total. The maximum Gasteiger partial charge on any atom is 0.279 e. The molecule has 0 aromatic heterocycles. The standard InChI is InChI=1S/C18H19ClN2O4/c1-12(25-16-9-5-14(19)6-10-16)18(23)21-20-17(22)11-13-3-7-15(24-2)8-4-13/h3-10,12H,11H2,1-2H3,(H,20,22)(H,21,23). The van der Waals surface area contributed by atoms with Gasteiger partial charge in [0.2, 0.25) is 5.91 Å². The zero-order valence-corrected chi connectivity index (χ0v) is 14.7. The first-order valence-corrected chi connectivity index (χ1v) is 7.99.